The molecule has 0 radical (unpaired) electrons. The number of rotatable bonds is 5. The van der Waals surface area contributed by atoms with Gasteiger partial charge in [0.15, 0.2) is 0 Å². The third kappa shape index (κ3) is 4.65. The van der Waals surface area contributed by atoms with Crippen LogP contribution in [0.4, 0.5) is 13.2 Å². The molecule has 5 nitrogen and oxygen atoms in total. The van der Waals surface area contributed by atoms with E-state index >= 15 is 0 Å². The molecule has 0 bridgehead atoms. The maximum Gasteiger partial charge on any atom is 0.416 e. The predicted octanol–water partition coefficient (Wildman–Crippen LogP) is 3.82. The van der Waals surface area contributed by atoms with Gasteiger partial charge in [-0.1, -0.05) is 12.1 Å². The number of nitrogens with zero attached hydrogens (tertiary/aromatic N) is 2. The van der Waals surface area contributed by atoms with Gasteiger partial charge in [0.25, 0.3) is 5.91 Å². The number of carbonyl (C=O) groups excluding carboxylic acids is 1. The van der Waals surface area contributed by atoms with Gasteiger partial charge >= 0.3 is 6.18 Å². The summed E-state index contributed by atoms with van der Waals surface area (Å²) in [6.45, 7) is 1.76. The smallest absolute Gasteiger partial charge is 0.388 e. The van der Waals surface area contributed by atoms with Gasteiger partial charge in [-0.2, -0.15) is 13.2 Å². The van der Waals surface area contributed by atoms with E-state index in [0.29, 0.717) is 10.2 Å². The summed E-state index contributed by atoms with van der Waals surface area (Å²) in [7, 11) is 0. The lowest BCUT2D eigenvalue weighted by Gasteiger charge is -2.23. The van der Waals surface area contributed by atoms with Gasteiger partial charge in [-0.25, -0.2) is 9.97 Å². The summed E-state index contributed by atoms with van der Waals surface area (Å²) in [6, 6.07) is 4.44. The van der Waals surface area contributed by atoms with Gasteiger partial charge in [0.1, 0.15) is 16.0 Å². The van der Waals surface area contributed by atoms with Crippen molar-refractivity contribution in [1.82, 2.24) is 15.3 Å². The first kappa shape index (κ1) is 19.8. The third-order valence-corrected chi connectivity index (χ3v) is 5.09. The first-order valence-corrected chi connectivity index (χ1v) is 9.08. The topological polar surface area (TPSA) is 75.1 Å². The van der Waals surface area contributed by atoms with Crippen LogP contribution >= 0.6 is 15.9 Å². The molecule has 1 aromatic heterocycles. The second-order valence-corrected chi connectivity index (χ2v) is 7.54. The van der Waals surface area contributed by atoms with Gasteiger partial charge in [0, 0.05) is 12.1 Å². The Kier molecular flexibility index (Phi) is 5.27. The van der Waals surface area contributed by atoms with Crippen molar-refractivity contribution in [2.45, 2.75) is 31.5 Å². The lowest BCUT2D eigenvalue weighted by Crippen LogP contribution is -2.42. The van der Waals surface area contributed by atoms with Gasteiger partial charge < -0.3 is 10.4 Å². The number of aromatic nitrogens is 2. The second kappa shape index (κ2) is 7.20. The molecular formula is C18H17BrF3N3O2. The van der Waals surface area contributed by atoms with Crippen LogP contribution in [-0.2, 0) is 6.18 Å². The summed E-state index contributed by atoms with van der Waals surface area (Å²) in [4.78, 5) is 20.6. The number of carbonyl (C=O) groups is 1. The number of nitrogens with one attached hydrogen (secondary N) is 1. The molecule has 27 heavy (non-hydrogen) atoms. The third-order valence-electron chi connectivity index (χ3n) is 4.51. The van der Waals surface area contributed by atoms with Gasteiger partial charge in [0.05, 0.1) is 17.4 Å². The highest BCUT2D eigenvalue weighted by atomic mass is 79.9. The maximum atomic E-state index is 12.7. The number of aliphatic hydroxyl groups is 1. The highest BCUT2D eigenvalue weighted by Crippen LogP contribution is 2.39. The van der Waals surface area contributed by atoms with Crippen LogP contribution in [0, 0.1) is 5.92 Å². The Hall–Kier alpha value is -2.00. The van der Waals surface area contributed by atoms with Crippen molar-refractivity contribution >= 4 is 21.8 Å². The van der Waals surface area contributed by atoms with Crippen molar-refractivity contribution in [3.63, 3.8) is 0 Å². The Balaban J connectivity index is 1.78. The summed E-state index contributed by atoms with van der Waals surface area (Å²) in [5.41, 5.74) is -1.09. The van der Waals surface area contributed by atoms with E-state index < -0.39 is 23.2 Å². The van der Waals surface area contributed by atoms with Crippen LogP contribution in [0.25, 0.3) is 11.3 Å². The van der Waals surface area contributed by atoms with E-state index in [2.05, 4.69) is 31.2 Å². The summed E-state index contributed by atoms with van der Waals surface area (Å²) in [5.74, 6) is -0.333. The minimum Gasteiger partial charge on any atom is -0.388 e. The first-order valence-electron chi connectivity index (χ1n) is 8.29. The fourth-order valence-corrected chi connectivity index (χ4v) is 3.10. The van der Waals surface area contributed by atoms with E-state index in [9.17, 15) is 23.1 Å². The Morgan fingerprint density at radius 3 is 2.48 bits per heavy atom. The van der Waals surface area contributed by atoms with Crippen molar-refractivity contribution in [2.75, 3.05) is 6.54 Å². The van der Waals surface area contributed by atoms with Crippen LogP contribution in [-0.4, -0.2) is 33.1 Å². The number of halogens is 4. The van der Waals surface area contributed by atoms with E-state index in [-0.39, 0.29) is 23.9 Å². The predicted molar refractivity (Wildman–Crippen MR) is 95.9 cm³/mol. The summed E-state index contributed by atoms with van der Waals surface area (Å²) >= 11 is 3.20. The monoisotopic (exact) mass is 443 g/mol. The maximum absolute atomic E-state index is 12.7. The lowest BCUT2D eigenvalue weighted by atomic mass is 10.0. The molecule has 1 aliphatic rings. The standard InChI is InChI=1S/C18H17BrF3N3O2/c1-17(27,11-6-7-11)9-24-16(26)13-8-23-15(19)14(25-13)10-2-4-12(5-3-10)18(20,21)22/h2-5,8,11,27H,6-7,9H2,1H3,(H,24,26)/t17-/m0/s1. The largest absolute Gasteiger partial charge is 0.416 e. The molecule has 1 amide bonds. The van der Waals surface area contributed by atoms with E-state index in [1.54, 1.807) is 6.92 Å². The van der Waals surface area contributed by atoms with Gasteiger partial charge in [0.2, 0.25) is 0 Å². The summed E-state index contributed by atoms with van der Waals surface area (Å²) in [5, 5.41) is 12.9. The van der Waals surface area contributed by atoms with E-state index in [0.717, 1.165) is 25.0 Å². The number of hydrogen-bond donors (Lipinski definition) is 2. The average molecular weight is 444 g/mol. The van der Waals surface area contributed by atoms with Crippen LogP contribution in [0.1, 0.15) is 35.8 Å². The Bertz CT molecular complexity index is 850. The Morgan fingerprint density at radius 1 is 1.30 bits per heavy atom. The zero-order chi connectivity index (χ0) is 19.8. The lowest BCUT2D eigenvalue weighted by molar-refractivity contribution is -0.137. The molecule has 0 aliphatic heterocycles. The molecule has 144 valence electrons. The number of amides is 1. The van der Waals surface area contributed by atoms with Gasteiger partial charge in [-0.05, 0) is 53.7 Å². The minimum atomic E-state index is -4.43. The number of hydrogen-bond acceptors (Lipinski definition) is 4. The van der Waals surface area contributed by atoms with Crippen molar-refractivity contribution < 1.29 is 23.1 Å². The van der Waals surface area contributed by atoms with E-state index in [4.69, 9.17) is 0 Å². The first-order chi connectivity index (χ1) is 12.6. The van der Waals surface area contributed by atoms with Crippen molar-refractivity contribution in [3.8, 4) is 11.3 Å². The zero-order valence-corrected chi connectivity index (χ0v) is 15.9. The molecule has 2 N–H and O–H groups in total. The fourth-order valence-electron chi connectivity index (χ4n) is 2.68. The normalized spacial score (nSPS) is 16.7. The van der Waals surface area contributed by atoms with Crippen LogP contribution in [0.15, 0.2) is 35.1 Å². The fraction of sp³-hybridized carbons (Fsp3) is 0.389. The highest BCUT2D eigenvalue weighted by molar-refractivity contribution is 9.10. The molecule has 1 saturated carbocycles. The average Bonchev–Trinajstić information content (AvgIpc) is 3.45. The zero-order valence-electron chi connectivity index (χ0n) is 14.3. The van der Waals surface area contributed by atoms with Crippen LogP contribution in [0.3, 0.4) is 0 Å². The number of alkyl halides is 3. The van der Waals surface area contributed by atoms with Gasteiger partial charge in [-0.15, -0.1) is 0 Å². The molecule has 1 heterocycles. The molecule has 0 unspecified atom stereocenters. The van der Waals surface area contributed by atoms with Crippen LogP contribution in [0.2, 0.25) is 0 Å². The molecule has 1 aromatic carbocycles. The molecule has 1 aliphatic carbocycles. The molecule has 1 atom stereocenters. The summed E-state index contributed by atoms with van der Waals surface area (Å²) < 4.78 is 38.4. The van der Waals surface area contributed by atoms with E-state index in [1.807, 2.05) is 0 Å². The quantitative estimate of drug-likeness (QED) is 0.736. The highest BCUT2D eigenvalue weighted by Gasteiger charge is 2.40. The second-order valence-electron chi connectivity index (χ2n) is 6.78. The molecule has 9 heteroatoms. The molecule has 1 fully saturated rings. The Morgan fingerprint density at radius 2 is 1.93 bits per heavy atom. The molecule has 3 rings (SSSR count). The van der Waals surface area contributed by atoms with Crippen molar-refractivity contribution in [2.24, 2.45) is 5.92 Å². The molecule has 0 saturated heterocycles. The molecule has 0 spiro atoms. The van der Waals surface area contributed by atoms with Crippen molar-refractivity contribution in [3.05, 3.63) is 46.3 Å². The van der Waals surface area contributed by atoms with Crippen LogP contribution < -0.4 is 5.32 Å². The number of benzene rings is 1. The molecule has 2 aromatic rings. The summed E-state index contributed by atoms with van der Waals surface area (Å²) in [6.07, 6.45) is -1.31. The van der Waals surface area contributed by atoms with E-state index in [1.165, 1.54) is 18.3 Å². The molecular weight excluding hydrogens is 427 g/mol. The van der Waals surface area contributed by atoms with Crippen molar-refractivity contribution in [1.29, 1.82) is 0 Å². The van der Waals surface area contributed by atoms with Gasteiger partial charge in [-0.3, -0.25) is 4.79 Å². The Labute approximate surface area is 162 Å². The SMILES string of the molecule is C[C@](O)(CNC(=O)c1cnc(Br)c(-c2ccc(C(F)(F)F)cc2)n1)C1CC1. The minimum absolute atomic E-state index is 0.0136. The van der Waals surface area contributed by atoms with Crippen LogP contribution in [0.5, 0.6) is 0 Å².